The van der Waals surface area contributed by atoms with Gasteiger partial charge in [0.2, 0.25) is 10.0 Å². The van der Waals surface area contributed by atoms with Gasteiger partial charge in [-0.15, -0.1) is 0 Å². The Labute approximate surface area is 104 Å². The van der Waals surface area contributed by atoms with Gasteiger partial charge in [-0.1, -0.05) is 11.6 Å². The molecule has 0 aromatic carbocycles. The predicted molar refractivity (Wildman–Crippen MR) is 63.2 cm³/mol. The van der Waals surface area contributed by atoms with E-state index in [9.17, 15) is 8.42 Å². The van der Waals surface area contributed by atoms with Crippen molar-refractivity contribution < 1.29 is 13.2 Å². The zero-order valence-corrected chi connectivity index (χ0v) is 10.5. The Morgan fingerprint density at radius 1 is 1.59 bits per heavy atom. The van der Waals surface area contributed by atoms with E-state index in [1.54, 1.807) is 0 Å². The van der Waals surface area contributed by atoms with Gasteiger partial charge in [0.05, 0.1) is 11.6 Å². The Morgan fingerprint density at radius 2 is 2.35 bits per heavy atom. The SMILES string of the molecule is Nc1ncc(S(=O)(=O)NC2CCOC2)cc1Cl. The van der Waals surface area contributed by atoms with Gasteiger partial charge in [-0.25, -0.2) is 18.1 Å². The van der Waals surface area contributed by atoms with Gasteiger partial charge in [0.15, 0.2) is 0 Å². The highest BCUT2D eigenvalue weighted by Gasteiger charge is 2.24. The van der Waals surface area contributed by atoms with Crippen LogP contribution < -0.4 is 10.5 Å². The fraction of sp³-hybridized carbons (Fsp3) is 0.444. The third-order valence-corrected chi connectivity index (χ3v) is 4.20. The van der Waals surface area contributed by atoms with E-state index in [2.05, 4.69) is 9.71 Å². The summed E-state index contributed by atoms with van der Waals surface area (Å²) in [5.74, 6) is 0.106. The van der Waals surface area contributed by atoms with Gasteiger partial charge in [-0.2, -0.15) is 0 Å². The molecule has 1 aromatic rings. The lowest BCUT2D eigenvalue weighted by atomic mass is 10.3. The van der Waals surface area contributed by atoms with Crippen molar-refractivity contribution in [3.05, 3.63) is 17.3 Å². The molecule has 0 bridgehead atoms. The van der Waals surface area contributed by atoms with Crippen molar-refractivity contribution in [1.82, 2.24) is 9.71 Å². The van der Waals surface area contributed by atoms with Crippen molar-refractivity contribution in [2.24, 2.45) is 0 Å². The first-order chi connectivity index (χ1) is 7.99. The lowest BCUT2D eigenvalue weighted by Crippen LogP contribution is -2.35. The van der Waals surface area contributed by atoms with E-state index in [1.165, 1.54) is 12.3 Å². The highest BCUT2D eigenvalue weighted by atomic mass is 35.5. The van der Waals surface area contributed by atoms with Crippen molar-refractivity contribution >= 4 is 27.4 Å². The quantitative estimate of drug-likeness (QED) is 0.833. The highest BCUT2D eigenvalue weighted by Crippen LogP contribution is 2.20. The van der Waals surface area contributed by atoms with E-state index in [1.807, 2.05) is 0 Å². The minimum absolute atomic E-state index is 0.00333. The van der Waals surface area contributed by atoms with Crippen molar-refractivity contribution in [2.75, 3.05) is 18.9 Å². The summed E-state index contributed by atoms with van der Waals surface area (Å²) in [6.07, 6.45) is 1.84. The third-order valence-electron chi connectivity index (χ3n) is 2.41. The van der Waals surface area contributed by atoms with Gasteiger partial charge in [0, 0.05) is 18.8 Å². The largest absolute Gasteiger partial charge is 0.382 e. The molecule has 1 fully saturated rings. The molecule has 1 saturated heterocycles. The van der Waals surface area contributed by atoms with E-state index in [0.29, 0.717) is 19.6 Å². The predicted octanol–water partition coefficient (Wildman–Crippen LogP) is 0.384. The van der Waals surface area contributed by atoms with Crippen LogP contribution in [0, 0.1) is 0 Å². The number of aromatic nitrogens is 1. The average molecular weight is 278 g/mol. The second-order valence-electron chi connectivity index (χ2n) is 3.72. The molecule has 1 aliphatic rings. The van der Waals surface area contributed by atoms with Gasteiger partial charge >= 0.3 is 0 Å². The molecule has 2 heterocycles. The summed E-state index contributed by atoms with van der Waals surface area (Å²) < 4.78 is 31.5. The van der Waals surface area contributed by atoms with Crippen molar-refractivity contribution in [3.8, 4) is 0 Å². The maximum Gasteiger partial charge on any atom is 0.242 e. The second-order valence-corrected chi connectivity index (χ2v) is 5.84. The highest BCUT2D eigenvalue weighted by molar-refractivity contribution is 7.89. The number of nitrogens with zero attached hydrogens (tertiary/aromatic N) is 1. The summed E-state index contributed by atoms with van der Waals surface area (Å²) in [6.45, 7) is 0.948. The Hall–Kier alpha value is -0.890. The number of halogens is 1. The number of hydrogen-bond donors (Lipinski definition) is 2. The molecule has 0 spiro atoms. The fourth-order valence-corrected chi connectivity index (χ4v) is 2.95. The van der Waals surface area contributed by atoms with E-state index < -0.39 is 10.0 Å². The van der Waals surface area contributed by atoms with Gasteiger partial charge < -0.3 is 10.5 Å². The number of anilines is 1. The summed E-state index contributed by atoms with van der Waals surface area (Å²) in [4.78, 5) is 3.72. The van der Waals surface area contributed by atoms with E-state index >= 15 is 0 Å². The molecule has 1 atom stereocenters. The smallest absolute Gasteiger partial charge is 0.242 e. The van der Waals surface area contributed by atoms with Crippen LogP contribution in [0.25, 0.3) is 0 Å². The Morgan fingerprint density at radius 3 is 2.94 bits per heavy atom. The molecule has 0 radical (unpaired) electrons. The number of nitrogens with two attached hydrogens (primary N) is 1. The molecule has 6 nitrogen and oxygen atoms in total. The molecule has 0 amide bonds. The summed E-state index contributed by atoms with van der Waals surface area (Å²) in [6, 6.07) is 1.08. The molecule has 0 saturated carbocycles. The summed E-state index contributed by atoms with van der Waals surface area (Å²) in [7, 11) is -3.62. The molecular formula is C9H12ClN3O3S. The molecule has 1 unspecified atom stereocenters. The first kappa shape index (κ1) is 12.6. The van der Waals surface area contributed by atoms with Crippen LogP contribution in [-0.4, -0.2) is 32.7 Å². The molecule has 8 heteroatoms. The Balaban J connectivity index is 2.21. The Bertz CT molecular complexity index is 514. The zero-order chi connectivity index (χ0) is 12.5. The van der Waals surface area contributed by atoms with Crippen molar-refractivity contribution in [1.29, 1.82) is 0 Å². The first-order valence-electron chi connectivity index (χ1n) is 5.00. The van der Waals surface area contributed by atoms with Crippen LogP contribution in [0.15, 0.2) is 17.2 Å². The van der Waals surface area contributed by atoms with Crippen molar-refractivity contribution in [2.45, 2.75) is 17.4 Å². The first-order valence-corrected chi connectivity index (χ1v) is 6.86. The summed E-state index contributed by atoms with van der Waals surface area (Å²) in [5.41, 5.74) is 5.42. The molecule has 94 valence electrons. The molecule has 0 aliphatic carbocycles. The maximum absolute atomic E-state index is 11.9. The average Bonchev–Trinajstić information content (AvgIpc) is 2.73. The van der Waals surface area contributed by atoms with Crippen LogP contribution in [0.4, 0.5) is 5.82 Å². The number of nitrogen functional groups attached to an aromatic ring is 1. The van der Waals surface area contributed by atoms with Crippen LogP contribution in [0.2, 0.25) is 5.02 Å². The maximum atomic E-state index is 11.9. The minimum Gasteiger partial charge on any atom is -0.382 e. The standard InChI is InChI=1S/C9H12ClN3O3S/c10-8-3-7(4-12-9(8)11)17(14,15)13-6-1-2-16-5-6/h3-4,6,13H,1-2,5H2,(H2,11,12). The number of pyridine rings is 1. The van der Waals surface area contributed by atoms with Crippen LogP contribution in [-0.2, 0) is 14.8 Å². The van der Waals surface area contributed by atoms with E-state index in [4.69, 9.17) is 22.1 Å². The molecule has 1 aliphatic heterocycles. The van der Waals surface area contributed by atoms with Crippen molar-refractivity contribution in [3.63, 3.8) is 0 Å². The number of ether oxygens (including phenoxy) is 1. The zero-order valence-electron chi connectivity index (χ0n) is 8.89. The number of hydrogen-bond acceptors (Lipinski definition) is 5. The number of rotatable bonds is 3. The molecule has 2 rings (SSSR count). The lowest BCUT2D eigenvalue weighted by Gasteiger charge is -2.11. The molecule has 17 heavy (non-hydrogen) atoms. The van der Waals surface area contributed by atoms with E-state index in [-0.39, 0.29) is 21.8 Å². The fourth-order valence-electron chi connectivity index (χ4n) is 1.49. The Kier molecular flexibility index (Phi) is 3.53. The lowest BCUT2D eigenvalue weighted by molar-refractivity contribution is 0.192. The second kappa shape index (κ2) is 4.77. The van der Waals surface area contributed by atoms with Gasteiger partial charge in [-0.05, 0) is 12.5 Å². The van der Waals surface area contributed by atoms with E-state index in [0.717, 1.165) is 0 Å². The van der Waals surface area contributed by atoms with Crippen LogP contribution in [0.5, 0.6) is 0 Å². The van der Waals surface area contributed by atoms with Crippen LogP contribution in [0.1, 0.15) is 6.42 Å². The minimum atomic E-state index is -3.62. The molecule has 1 aromatic heterocycles. The summed E-state index contributed by atoms with van der Waals surface area (Å²) >= 11 is 5.73. The number of nitrogens with one attached hydrogen (secondary N) is 1. The number of sulfonamides is 1. The van der Waals surface area contributed by atoms with Gasteiger partial charge in [-0.3, -0.25) is 0 Å². The molecular weight excluding hydrogens is 266 g/mol. The third kappa shape index (κ3) is 2.86. The molecule has 3 N–H and O–H groups in total. The monoisotopic (exact) mass is 277 g/mol. The van der Waals surface area contributed by atoms with Crippen LogP contribution >= 0.6 is 11.6 Å². The topological polar surface area (TPSA) is 94.3 Å². The van der Waals surface area contributed by atoms with Gasteiger partial charge in [0.1, 0.15) is 10.7 Å². The van der Waals surface area contributed by atoms with Gasteiger partial charge in [0.25, 0.3) is 0 Å². The van der Waals surface area contributed by atoms with Crippen LogP contribution in [0.3, 0.4) is 0 Å². The normalized spacial score (nSPS) is 20.6. The summed E-state index contributed by atoms with van der Waals surface area (Å²) in [5, 5.41) is 0.121.